The van der Waals surface area contributed by atoms with E-state index in [0.29, 0.717) is 0 Å². The summed E-state index contributed by atoms with van der Waals surface area (Å²) >= 11 is 0. The molecule has 0 aliphatic rings. The van der Waals surface area contributed by atoms with E-state index in [4.69, 9.17) is 0 Å². The number of hydrogen-bond donors (Lipinski definition) is 3. The third kappa shape index (κ3) is 3.46. The average Bonchev–Trinajstić information content (AvgIpc) is 2.00. The van der Waals surface area contributed by atoms with E-state index in [1.54, 1.807) is 0 Å². The van der Waals surface area contributed by atoms with Gasteiger partial charge in [-0.2, -0.15) is 0 Å². The molecule has 0 radical (unpaired) electrons. The SMILES string of the molecule is CNCC(=O)NN(N=O)C(N)=O. The van der Waals surface area contributed by atoms with Crippen LogP contribution in [0.4, 0.5) is 4.79 Å². The maximum atomic E-state index is 10.7. The van der Waals surface area contributed by atoms with Gasteiger partial charge >= 0.3 is 6.03 Å². The maximum absolute atomic E-state index is 10.7. The van der Waals surface area contributed by atoms with Crippen LogP contribution in [0.2, 0.25) is 0 Å². The second-order valence-electron chi connectivity index (χ2n) is 1.80. The van der Waals surface area contributed by atoms with Crippen LogP contribution in [0.25, 0.3) is 0 Å². The van der Waals surface area contributed by atoms with E-state index in [-0.39, 0.29) is 11.7 Å². The van der Waals surface area contributed by atoms with Crippen LogP contribution in [0.5, 0.6) is 0 Å². The fraction of sp³-hybridized carbons (Fsp3) is 0.500. The van der Waals surface area contributed by atoms with Gasteiger partial charge in [0, 0.05) is 0 Å². The lowest BCUT2D eigenvalue weighted by molar-refractivity contribution is -0.123. The molecular weight excluding hydrogens is 166 g/mol. The molecule has 4 N–H and O–H groups in total. The number of carbonyl (C=O) groups is 2. The molecular formula is C4H9N5O3. The summed E-state index contributed by atoms with van der Waals surface area (Å²) in [6.45, 7) is -0.0424. The van der Waals surface area contributed by atoms with Crippen molar-refractivity contribution in [2.75, 3.05) is 13.6 Å². The Morgan fingerprint density at radius 3 is 2.50 bits per heavy atom. The van der Waals surface area contributed by atoms with E-state index in [2.05, 4.69) is 16.3 Å². The lowest BCUT2D eigenvalue weighted by Crippen LogP contribution is -2.47. The fourth-order valence-corrected chi connectivity index (χ4v) is 0.434. The van der Waals surface area contributed by atoms with E-state index in [1.807, 2.05) is 5.43 Å². The highest BCUT2D eigenvalue weighted by atomic mass is 16.3. The van der Waals surface area contributed by atoms with Gasteiger partial charge in [-0.3, -0.25) is 4.79 Å². The molecule has 3 amide bonds. The summed E-state index contributed by atoms with van der Waals surface area (Å²) in [6, 6.07) is -1.14. The van der Waals surface area contributed by atoms with Crippen molar-refractivity contribution >= 4 is 11.9 Å². The number of nitrogens with two attached hydrogens (primary N) is 1. The zero-order chi connectivity index (χ0) is 9.56. The van der Waals surface area contributed by atoms with Crippen LogP contribution in [0, 0.1) is 4.91 Å². The molecule has 0 fully saturated rings. The number of urea groups is 1. The number of likely N-dealkylation sites (N-methyl/N-ethyl adjacent to an activating group) is 1. The zero-order valence-electron chi connectivity index (χ0n) is 6.40. The third-order valence-corrected chi connectivity index (χ3v) is 0.858. The van der Waals surface area contributed by atoms with Crippen LogP contribution >= 0.6 is 0 Å². The van der Waals surface area contributed by atoms with Crippen molar-refractivity contribution in [3.8, 4) is 0 Å². The highest BCUT2D eigenvalue weighted by Crippen LogP contribution is 1.80. The van der Waals surface area contributed by atoms with Crippen molar-refractivity contribution in [3.63, 3.8) is 0 Å². The topological polar surface area (TPSA) is 117 Å². The summed E-state index contributed by atoms with van der Waals surface area (Å²) in [4.78, 5) is 30.8. The van der Waals surface area contributed by atoms with Crippen molar-refractivity contribution in [2.24, 2.45) is 11.0 Å². The molecule has 0 rings (SSSR count). The predicted octanol–water partition coefficient (Wildman–Crippen LogP) is -1.70. The van der Waals surface area contributed by atoms with E-state index < -0.39 is 11.9 Å². The Morgan fingerprint density at radius 1 is 1.58 bits per heavy atom. The number of nitrogens with one attached hydrogen (secondary N) is 2. The van der Waals surface area contributed by atoms with Crippen LogP contribution in [-0.2, 0) is 4.79 Å². The Morgan fingerprint density at radius 2 is 2.17 bits per heavy atom. The molecule has 0 saturated heterocycles. The molecule has 0 aliphatic carbocycles. The van der Waals surface area contributed by atoms with Gasteiger partial charge in [-0.25, -0.2) is 10.2 Å². The number of nitrogens with zero attached hydrogens (tertiary/aromatic N) is 2. The number of hydrogen-bond acceptors (Lipinski definition) is 5. The Kier molecular flexibility index (Phi) is 4.31. The molecule has 0 aliphatic heterocycles. The number of rotatable bonds is 3. The minimum atomic E-state index is -1.14. The van der Waals surface area contributed by atoms with E-state index in [0.717, 1.165) is 0 Å². The Labute approximate surface area is 68.0 Å². The molecule has 12 heavy (non-hydrogen) atoms. The predicted molar refractivity (Wildman–Crippen MR) is 39.3 cm³/mol. The first-order valence-corrected chi connectivity index (χ1v) is 2.98. The van der Waals surface area contributed by atoms with E-state index in [1.165, 1.54) is 7.05 Å². The largest absolute Gasteiger partial charge is 0.357 e. The Balaban J connectivity index is 3.94. The highest BCUT2D eigenvalue weighted by molar-refractivity contribution is 5.81. The maximum Gasteiger partial charge on any atom is 0.357 e. The van der Waals surface area contributed by atoms with Gasteiger partial charge in [0.25, 0.3) is 5.91 Å². The van der Waals surface area contributed by atoms with Crippen LogP contribution in [0.3, 0.4) is 0 Å². The van der Waals surface area contributed by atoms with Gasteiger partial charge in [-0.1, -0.05) is 5.12 Å². The molecule has 0 aromatic heterocycles. The van der Waals surface area contributed by atoms with Crippen molar-refractivity contribution in [2.45, 2.75) is 0 Å². The van der Waals surface area contributed by atoms with Crippen LogP contribution in [-0.4, -0.2) is 30.6 Å². The summed E-state index contributed by atoms with van der Waals surface area (Å²) in [5.74, 6) is -0.587. The Bertz CT molecular complexity index is 193. The number of carbonyl (C=O) groups excluding carboxylic acids is 2. The molecule has 0 bridgehead atoms. The van der Waals surface area contributed by atoms with Gasteiger partial charge in [0.15, 0.2) is 0 Å². The molecule has 0 atom stereocenters. The normalized spacial score (nSPS) is 8.75. The van der Waals surface area contributed by atoms with Gasteiger partial charge in [0.05, 0.1) is 11.8 Å². The van der Waals surface area contributed by atoms with E-state index >= 15 is 0 Å². The second kappa shape index (κ2) is 5.02. The first kappa shape index (κ1) is 10.3. The van der Waals surface area contributed by atoms with E-state index in [9.17, 15) is 14.5 Å². The van der Waals surface area contributed by atoms with Gasteiger partial charge in [-0.15, -0.1) is 4.91 Å². The molecule has 0 unspecified atom stereocenters. The number of primary amides is 1. The third-order valence-electron chi connectivity index (χ3n) is 0.858. The van der Waals surface area contributed by atoms with Crippen LogP contribution in [0.1, 0.15) is 0 Å². The summed E-state index contributed by atoms with van der Waals surface area (Å²) in [5, 5.41) is 4.77. The summed E-state index contributed by atoms with van der Waals surface area (Å²) in [5.41, 5.74) is 6.50. The monoisotopic (exact) mass is 175 g/mol. The van der Waals surface area contributed by atoms with Crippen molar-refractivity contribution in [1.82, 2.24) is 15.9 Å². The number of nitroso groups, excluding NO2 is 1. The second-order valence-corrected chi connectivity index (χ2v) is 1.80. The van der Waals surface area contributed by atoms with Gasteiger partial charge in [0.2, 0.25) is 0 Å². The summed E-state index contributed by atoms with van der Waals surface area (Å²) < 4.78 is 0. The minimum Gasteiger partial charge on any atom is -0.348 e. The van der Waals surface area contributed by atoms with Crippen LogP contribution in [0.15, 0.2) is 5.29 Å². The fourth-order valence-electron chi connectivity index (χ4n) is 0.434. The minimum absolute atomic E-state index is 0.0424. The average molecular weight is 175 g/mol. The molecule has 0 heterocycles. The van der Waals surface area contributed by atoms with Crippen molar-refractivity contribution < 1.29 is 9.59 Å². The molecule has 0 saturated carbocycles. The van der Waals surface area contributed by atoms with Gasteiger partial charge in [-0.05, 0) is 7.05 Å². The Hall–Kier alpha value is -1.70. The summed E-state index contributed by atoms with van der Waals surface area (Å²) in [7, 11) is 1.53. The summed E-state index contributed by atoms with van der Waals surface area (Å²) in [6.07, 6.45) is 0. The molecule has 0 spiro atoms. The molecule has 8 heteroatoms. The molecule has 0 aromatic rings. The standard InChI is InChI=1S/C4H9N5O3/c1-6-2-3(10)7-9(8-12)4(5)11/h6H,2H2,1H3,(H2,5,11)(H,7,10). The van der Waals surface area contributed by atoms with Gasteiger partial charge in [0.1, 0.15) is 0 Å². The van der Waals surface area contributed by atoms with Crippen LogP contribution < -0.4 is 16.5 Å². The number of amides is 3. The van der Waals surface area contributed by atoms with Gasteiger partial charge < -0.3 is 11.1 Å². The van der Waals surface area contributed by atoms with Crippen molar-refractivity contribution in [3.05, 3.63) is 4.91 Å². The number of hydrazine groups is 1. The zero-order valence-corrected chi connectivity index (χ0v) is 6.40. The lowest BCUT2D eigenvalue weighted by Gasteiger charge is -2.10. The molecule has 0 aromatic carbocycles. The molecule has 68 valence electrons. The molecule has 8 nitrogen and oxygen atoms in total. The van der Waals surface area contributed by atoms with Crippen molar-refractivity contribution in [1.29, 1.82) is 0 Å². The first-order valence-electron chi connectivity index (χ1n) is 2.98. The lowest BCUT2D eigenvalue weighted by atomic mass is 10.6. The smallest absolute Gasteiger partial charge is 0.348 e. The quantitative estimate of drug-likeness (QED) is 0.350. The highest BCUT2D eigenvalue weighted by Gasteiger charge is 2.11. The first-order chi connectivity index (χ1) is 5.61.